The Hall–Kier alpha value is -3.95. The van der Waals surface area contributed by atoms with Crippen LogP contribution in [0.4, 0.5) is 16.2 Å². The van der Waals surface area contributed by atoms with Gasteiger partial charge in [-0.05, 0) is 51.5 Å². The third-order valence-electron chi connectivity index (χ3n) is 5.80. The number of nitrogens with one attached hydrogen (secondary N) is 3. The normalized spacial score (nSPS) is 15.0. The van der Waals surface area contributed by atoms with E-state index in [-0.39, 0.29) is 11.9 Å². The number of imidazole rings is 1. The van der Waals surface area contributed by atoms with E-state index < -0.39 is 5.41 Å². The maximum absolute atomic E-state index is 12.8. The topological polar surface area (TPSA) is 125 Å². The summed E-state index contributed by atoms with van der Waals surface area (Å²) in [6.07, 6.45) is 3.09. The van der Waals surface area contributed by atoms with Crippen LogP contribution in [0.25, 0.3) is 22.6 Å². The first-order chi connectivity index (χ1) is 14.8. The first-order valence-electron chi connectivity index (χ1n) is 10.0. The molecule has 1 aliphatic heterocycles. The number of likely N-dealkylation sites (N-methyl/N-ethyl adjacent to an activating group) is 1. The Kier molecular flexibility index (Phi) is 4.01. The number of benzene rings is 1. The average molecular weight is 418 g/mol. The third-order valence-corrected chi connectivity index (χ3v) is 5.80. The largest absolute Gasteiger partial charge is 0.346 e. The smallest absolute Gasteiger partial charge is 0.337 e. The Morgan fingerprint density at radius 3 is 2.81 bits per heavy atom. The summed E-state index contributed by atoms with van der Waals surface area (Å²) >= 11 is 0. The molecule has 0 saturated heterocycles. The van der Waals surface area contributed by atoms with Crippen LogP contribution in [-0.4, -0.2) is 48.4 Å². The van der Waals surface area contributed by atoms with Crippen LogP contribution < -0.4 is 10.2 Å². The first kappa shape index (κ1) is 19.0. The fourth-order valence-corrected chi connectivity index (χ4v) is 4.08. The number of amides is 2. The van der Waals surface area contributed by atoms with Gasteiger partial charge in [-0.15, -0.1) is 0 Å². The summed E-state index contributed by atoms with van der Waals surface area (Å²) in [5.41, 5.74) is 4.55. The molecule has 4 heterocycles. The van der Waals surface area contributed by atoms with Gasteiger partial charge in [-0.2, -0.15) is 14.9 Å². The number of hydrogen-bond acceptors (Lipinski definition) is 5. The lowest BCUT2D eigenvalue weighted by atomic mass is 9.86. The summed E-state index contributed by atoms with van der Waals surface area (Å²) in [6.45, 7) is 8.23. The minimum Gasteiger partial charge on any atom is -0.337 e. The Balaban J connectivity index is 1.54. The second-order valence-corrected chi connectivity index (χ2v) is 8.12. The van der Waals surface area contributed by atoms with Crippen molar-refractivity contribution in [3.8, 4) is 11.5 Å². The van der Waals surface area contributed by atoms with Crippen molar-refractivity contribution >= 4 is 34.3 Å². The lowest BCUT2D eigenvalue weighted by molar-refractivity contribution is -0.122. The second kappa shape index (κ2) is 6.53. The molecule has 3 aromatic heterocycles. The Bertz CT molecular complexity index is 1340. The van der Waals surface area contributed by atoms with Crippen molar-refractivity contribution in [2.24, 2.45) is 0 Å². The molecule has 0 aliphatic carbocycles. The summed E-state index contributed by atoms with van der Waals surface area (Å²) in [4.78, 5) is 35.1. The minimum atomic E-state index is -0.598. The average Bonchev–Trinajstić information content (AvgIpc) is 3.48. The third kappa shape index (κ3) is 2.75. The van der Waals surface area contributed by atoms with E-state index in [9.17, 15) is 9.59 Å². The number of aromatic amines is 2. The van der Waals surface area contributed by atoms with Gasteiger partial charge in [-0.25, -0.2) is 9.78 Å². The quantitative estimate of drug-likeness (QED) is 0.471. The van der Waals surface area contributed by atoms with Gasteiger partial charge >= 0.3 is 6.03 Å². The van der Waals surface area contributed by atoms with Crippen LogP contribution in [0.5, 0.6) is 0 Å². The fraction of sp³-hybridized carbons (Fsp3) is 0.286. The van der Waals surface area contributed by atoms with E-state index >= 15 is 0 Å². The van der Waals surface area contributed by atoms with Crippen molar-refractivity contribution < 1.29 is 9.59 Å². The van der Waals surface area contributed by atoms with Gasteiger partial charge in [0.15, 0.2) is 5.82 Å². The van der Waals surface area contributed by atoms with Crippen molar-refractivity contribution in [1.29, 1.82) is 0 Å². The molecule has 1 aliphatic rings. The number of aromatic nitrogens is 6. The van der Waals surface area contributed by atoms with Gasteiger partial charge in [0.05, 0.1) is 34.0 Å². The Morgan fingerprint density at radius 1 is 1.29 bits per heavy atom. The van der Waals surface area contributed by atoms with Crippen LogP contribution >= 0.6 is 0 Å². The van der Waals surface area contributed by atoms with Gasteiger partial charge in [0, 0.05) is 18.4 Å². The maximum Gasteiger partial charge on any atom is 0.346 e. The molecule has 5 rings (SSSR count). The molecule has 0 radical (unpaired) electrons. The van der Waals surface area contributed by atoms with Crippen LogP contribution in [0.15, 0.2) is 30.6 Å². The van der Waals surface area contributed by atoms with Gasteiger partial charge in [0.2, 0.25) is 5.91 Å². The number of carbonyl (C=O) groups excluding carboxylic acids is 2. The fourth-order valence-electron chi connectivity index (χ4n) is 4.08. The number of fused-ring (bicyclic) bond motifs is 2. The summed E-state index contributed by atoms with van der Waals surface area (Å²) in [5, 5.41) is 13.8. The predicted octanol–water partition coefficient (Wildman–Crippen LogP) is 3.18. The highest BCUT2D eigenvalue weighted by molar-refractivity contribution is 6.09. The molecule has 2 amide bonds. The lowest BCUT2D eigenvalue weighted by Crippen LogP contribution is -2.35. The molecule has 0 unspecified atom stereocenters. The maximum atomic E-state index is 12.8. The summed E-state index contributed by atoms with van der Waals surface area (Å²) in [5.74, 6) is 0.626. The monoisotopic (exact) mass is 418 g/mol. The van der Waals surface area contributed by atoms with Crippen molar-refractivity contribution in [2.45, 2.75) is 33.1 Å². The van der Waals surface area contributed by atoms with E-state index in [0.29, 0.717) is 23.8 Å². The number of anilines is 2. The predicted molar refractivity (Wildman–Crippen MR) is 116 cm³/mol. The molecule has 10 heteroatoms. The van der Waals surface area contributed by atoms with Gasteiger partial charge < -0.3 is 15.2 Å². The van der Waals surface area contributed by atoms with Gasteiger partial charge in [0.25, 0.3) is 0 Å². The molecule has 0 fully saturated rings. The molecule has 10 nitrogen and oxygen atoms in total. The van der Waals surface area contributed by atoms with Crippen molar-refractivity contribution in [2.75, 3.05) is 16.8 Å². The molecular weight excluding hydrogens is 396 g/mol. The van der Waals surface area contributed by atoms with E-state index in [2.05, 4.69) is 30.6 Å². The highest BCUT2D eigenvalue weighted by Gasteiger charge is 2.43. The van der Waals surface area contributed by atoms with Crippen LogP contribution in [-0.2, 0) is 10.2 Å². The van der Waals surface area contributed by atoms with Crippen LogP contribution in [0.3, 0.4) is 0 Å². The van der Waals surface area contributed by atoms with E-state index in [4.69, 9.17) is 0 Å². The van der Waals surface area contributed by atoms with Crippen molar-refractivity contribution in [3.05, 3.63) is 41.9 Å². The minimum absolute atomic E-state index is 0.0883. The second-order valence-electron chi connectivity index (χ2n) is 8.12. The first-order valence-corrected chi connectivity index (χ1v) is 10.0. The highest BCUT2D eigenvalue weighted by Crippen LogP contribution is 2.43. The summed E-state index contributed by atoms with van der Waals surface area (Å²) in [7, 11) is 0. The van der Waals surface area contributed by atoms with E-state index in [0.717, 1.165) is 28.0 Å². The molecule has 1 aromatic carbocycles. The lowest BCUT2D eigenvalue weighted by Gasteiger charge is -2.18. The number of H-pyrrole nitrogens is 2. The Labute approximate surface area is 177 Å². The van der Waals surface area contributed by atoms with Crippen molar-refractivity contribution in [3.63, 3.8) is 0 Å². The number of carbonyl (C=O) groups is 2. The van der Waals surface area contributed by atoms with Gasteiger partial charge in [-0.3, -0.25) is 9.89 Å². The molecule has 0 spiro atoms. The molecule has 4 aromatic rings. The summed E-state index contributed by atoms with van der Waals surface area (Å²) < 4.78 is 1.28. The SMILES string of the molecule is CCN1C(=O)C(C)(C)c2cc3[nH]c(-c4[nH]ncc4NC(=O)n4nccc4C)nc3cc21. The zero-order valence-corrected chi connectivity index (χ0v) is 17.6. The molecule has 3 N–H and O–H groups in total. The molecule has 158 valence electrons. The van der Waals surface area contributed by atoms with Crippen LogP contribution in [0, 0.1) is 6.92 Å². The highest BCUT2D eigenvalue weighted by atomic mass is 16.2. The molecular formula is C21H22N8O2. The zero-order valence-electron chi connectivity index (χ0n) is 17.6. The van der Waals surface area contributed by atoms with Gasteiger partial charge in [-0.1, -0.05) is 0 Å². The van der Waals surface area contributed by atoms with Gasteiger partial charge in [0.1, 0.15) is 5.69 Å². The molecule has 0 saturated carbocycles. The van der Waals surface area contributed by atoms with E-state index in [1.54, 1.807) is 24.1 Å². The molecule has 0 bridgehead atoms. The standard InChI is InChI=1S/C21H22N8O2/c1-5-28-16-9-14-13(8-12(16)21(3,4)19(28)30)24-18(25-14)17-15(10-22-27-17)26-20(31)29-11(2)6-7-23-29/h6-10H,5H2,1-4H3,(H,22,27)(H,24,25)(H,26,31). The zero-order chi connectivity index (χ0) is 21.9. The number of hydrogen-bond donors (Lipinski definition) is 3. The van der Waals surface area contributed by atoms with Crippen molar-refractivity contribution in [1.82, 2.24) is 29.9 Å². The van der Waals surface area contributed by atoms with E-state index in [1.807, 2.05) is 32.9 Å². The number of rotatable bonds is 3. The number of aryl methyl sites for hydroxylation is 1. The van der Waals surface area contributed by atoms with Crippen LogP contribution in [0.1, 0.15) is 32.0 Å². The van der Waals surface area contributed by atoms with Crippen LogP contribution in [0.2, 0.25) is 0 Å². The Morgan fingerprint density at radius 2 is 2.10 bits per heavy atom. The summed E-state index contributed by atoms with van der Waals surface area (Å²) in [6, 6.07) is 5.28. The van der Waals surface area contributed by atoms with E-state index in [1.165, 1.54) is 10.9 Å². The number of nitrogens with zero attached hydrogens (tertiary/aromatic N) is 5. The molecule has 31 heavy (non-hydrogen) atoms. The molecule has 0 atom stereocenters.